The van der Waals surface area contributed by atoms with E-state index >= 15 is 0 Å². The Morgan fingerprint density at radius 2 is 1.79 bits per heavy atom. The lowest BCUT2D eigenvalue weighted by molar-refractivity contribution is -0.137. The number of hydrogen-bond donors (Lipinski definition) is 5. The molecule has 0 saturated carbocycles. The Kier molecular flexibility index (Phi) is 5.15. The molecule has 0 fully saturated rings. The number of carbonyl (C=O) groups is 2. The Hall–Kier alpha value is -3.94. The number of aliphatic hydroxyl groups is 4. The van der Waals surface area contributed by atoms with Crippen LogP contribution in [-0.4, -0.2) is 48.8 Å². The molecule has 7 heteroatoms. The van der Waals surface area contributed by atoms with Crippen molar-refractivity contribution >= 4 is 28.8 Å². The van der Waals surface area contributed by atoms with Crippen LogP contribution in [0.5, 0.6) is 5.75 Å². The van der Waals surface area contributed by atoms with Gasteiger partial charge in [-0.25, -0.2) is 0 Å². The minimum Gasteiger partial charge on any atom is -0.508 e. The van der Waals surface area contributed by atoms with Crippen molar-refractivity contribution in [2.24, 2.45) is 11.8 Å². The van der Waals surface area contributed by atoms with Gasteiger partial charge in [0.1, 0.15) is 22.8 Å². The van der Waals surface area contributed by atoms with Gasteiger partial charge in [0.2, 0.25) is 0 Å². The van der Waals surface area contributed by atoms with E-state index in [0.717, 1.165) is 29.2 Å². The molecule has 194 valence electrons. The van der Waals surface area contributed by atoms with Gasteiger partial charge in [-0.05, 0) is 58.7 Å². The first-order valence-corrected chi connectivity index (χ1v) is 12.6. The minimum atomic E-state index is -2.54. The van der Waals surface area contributed by atoms with Crippen molar-refractivity contribution in [3.05, 3.63) is 93.5 Å². The van der Waals surface area contributed by atoms with E-state index in [2.05, 4.69) is 18.7 Å². The molecule has 0 amide bonds. The number of rotatable bonds is 2. The fourth-order valence-corrected chi connectivity index (χ4v) is 7.09. The number of phenolic OH excluding ortho intramolecular Hbond substituents is 1. The lowest BCUT2D eigenvalue weighted by Crippen LogP contribution is -2.59. The Bertz CT molecular complexity index is 1570. The Labute approximate surface area is 219 Å². The summed E-state index contributed by atoms with van der Waals surface area (Å²) in [5.74, 6) is -5.67. The van der Waals surface area contributed by atoms with Crippen molar-refractivity contribution in [3.8, 4) is 5.75 Å². The van der Waals surface area contributed by atoms with Gasteiger partial charge in [0.25, 0.3) is 0 Å². The molecule has 0 unspecified atom stereocenters. The van der Waals surface area contributed by atoms with Crippen molar-refractivity contribution in [1.29, 1.82) is 0 Å². The van der Waals surface area contributed by atoms with E-state index in [1.54, 1.807) is 6.07 Å². The zero-order valence-corrected chi connectivity index (χ0v) is 21.0. The Morgan fingerprint density at radius 1 is 1.08 bits per heavy atom. The van der Waals surface area contributed by atoms with Gasteiger partial charge in [0.05, 0.1) is 6.10 Å². The van der Waals surface area contributed by atoms with E-state index in [-0.39, 0.29) is 16.9 Å². The molecule has 0 aliphatic heterocycles. The van der Waals surface area contributed by atoms with Crippen LogP contribution in [0.15, 0.2) is 65.6 Å². The van der Waals surface area contributed by atoms with Crippen LogP contribution < -0.4 is 0 Å². The first-order chi connectivity index (χ1) is 18.0. The first-order valence-electron chi connectivity index (χ1n) is 12.6. The maximum atomic E-state index is 12.8. The van der Waals surface area contributed by atoms with Crippen molar-refractivity contribution in [2.45, 2.75) is 44.3 Å². The summed E-state index contributed by atoms with van der Waals surface area (Å²) >= 11 is 0. The van der Waals surface area contributed by atoms with Crippen molar-refractivity contribution in [2.75, 3.05) is 0 Å². The highest BCUT2D eigenvalue weighted by Crippen LogP contribution is 2.59. The summed E-state index contributed by atoms with van der Waals surface area (Å²) in [5.41, 5.74) is 2.53. The van der Waals surface area contributed by atoms with Gasteiger partial charge in [-0.2, -0.15) is 0 Å². The number of aromatic hydroxyl groups is 1. The molecule has 5 atom stereocenters. The Morgan fingerprint density at radius 3 is 2.47 bits per heavy atom. The van der Waals surface area contributed by atoms with Crippen LogP contribution >= 0.6 is 0 Å². The maximum Gasteiger partial charge on any atom is 0.185 e. The molecule has 6 rings (SSSR count). The second-order valence-electron chi connectivity index (χ2n) is 10.8. The number of hydrogen-bond acceptors (Lipinski definition) is 7. The highest BCUT2D eigenvalue weighted by Gasteiger charge is 2.62. The standard InChI is InChI=1S/C31H28O7/c1-13-23-19(18-10-16-6-4-5-7-17(16)11-18)8-9-21(33)24(23)14(2)26-25(13)28(35)20-12-22(34)27(15(3)32)30(37)31(20,38)29(26)36/h4-10,13,20,25,28,33,35-38H,2,11-12H2,1,3H3/t13-,20+,25+,28+,31-/m0/s1. The maximum absolute atomic E-state index is 12.8. The van der Waals surface area contributed by atoms with Crippen molar-refractivity contribution in [1.82, 2.24) is 0 Å². The lowest BCUT2D eigenvalue weighted by Gasteiger charge is -2.51. The average Bonchev–Trinajstić information content (AvgIpc) is 3.30. The molecule has 0 saturated heterocycles. The number of benzene rings is 2. The molecule has 0 aromatic heterocycles. The molecular weight excluding hydrogens is 484 g/mol. The number of carbonyl (C=O) groups excluding carboxylic acids is 2. The third kappa shape index (κ3) is 2.97. The summed E-state index contributed by atoms with van der Waals surface area (Å²) in [6.07, 6.45) is 0.999. The van der Waals surface area contributed by atoms with Gasteiger partial charge >= 0.3 is 0 Å². The number of fused-ring (bicyclic) bond motifs is 4. The van der Waals surface area contributed by atoms with Crippen LogP contribution in [0.25, 0.3) is 17.2 Å². The summed E-state index contributed by atoms with van der Waals surface area (Å²) < 4.78 is 0. The number of phenols is 1. The Balaban J connectivity index is 1.58. The van der Waals surface area contributed by atoms with Gasteiger partial charge in [0, 0.05) is 29.4 Å². The molecule has 2 aromatic carbocycles. The predicted octanol–water partition coefficient (Wildman–Crippen LogP) is 4.14. The van der Waals surface area contributed by atoms with Gasteiger partial charge in [0.15, 0.2) is 17.2 Å². The molecule has 0 bridgehead atoms. The molecule has 0 radical (unpaired) electrons. The van der Waals surface area contributed by atoms with Gasteiger partial charge in [-0.15, -0.1) is 0 Å². The molecule has 38 heavy (non-hydrogen) atoms. The van der Waals surface area contributed by atoms with E-state index in [4.69, 9.17) is 0 Å². The quantitative estimate of drug-likeness (QED) is 0.382. The summed E-state index contributed by atoms with van der Waals surface area (Å²) in [4.78, 5) is 24.9. The topological polar surface area (TPSA) is 135 Å². The summed E-state index contributed by atoms with van der Waals surface area (Å²) in [6.45, 7) is 7.09. The highest BCUT2D eigenvalue weighted by atomic mass is 16.4. The number of Topliss-reactive ketones (excluding diaryl/α,β-unsaturated/α-hetero) is 2. The normalized spacial score (nSPS) is 29.9. The predicted molar refractivity (Wildman–Crippen MR) is 141 cm³/mol. The third-order valence-corrected chi connectivity index (χ3v) is 8.86. The van der Waals surface area contributed by atoms with Crippen LogP contribution in [0.4, 0.5) is 0 Å². The van der Waals surface area contributed by atoms with Crippen LogP contribution in [0.2, 0.25) is 0 Å². The summed E-state index contributed by atoms with van der Waals surface area (Å²) in [6, 6.07) is 11.5. The average molecular weight is 513 g/mol. The fourth-order valence-electron chi connectivity index (χ4n) is 7.09. The third-order valence-electron chi connectivity index (χ3n) is 8.86. The van der Waals surface area contributed by atoms with Gasteiger partial charge in [-0.1, -0.05) is 49.9 Å². The highest BCUT2D eigenvalue weighted by molar-refractivity contribution is 6.20. The van der Waals surface area contributed by atoms with E-state index < -0.39 is 64.5 Å². The van der Waals surface area contributed by atoms with Crippen molar-refractivity contribution in [3.63, 3.8) is 0 Å². The first kappa shape index (κ1) is 24.4. The second kappa shape index (κ2) is 8.03. The van der Waals surface area contributed by atoms with E-state index in [1.165, 1.54) is 5.56 Å². The van der Waals surface area contributed by atoms with Gasteiger partial charge in [-0.3, -0.25) is 9.59 Å². The number of allylic oxidation sites excluding steroid dienone is 3. The smallest absolute Gasteiger partial charge is 0.185 e. The minimum absolute atomic E-state index is 0.0675. The van der Waals surface area contributed by atoms with Crippen LogP contribution in [0.3, 0.4) is 0 Å². The summed E-state index contributed by atoms with van der Waals surface area (Å²) in [5, 5.41) is 56.6. The van der Waals surface area contributed by atoms with Crippen LogP contribution in [-0.2, 0) is 16.0 Å². The molecular formula is C31H28O7. The SMILES string of the molecule is C=C1C2=C(O)[C@]3(O)C(O)=C(C(C)=O)C(=O)C[C@@H]3[C@@H](O)[C@@H]2[C@@H](C)c2c(C3=Cc4ccccc4C3)ccc(O)c21. The van der Waals surface area contributed by atoms with Crippen LogP contribution in [0, 0.1) is 11.8 Å². The van der Waals surface area contributed by atoms with E-state index in [0.29, 0.717) is 12.0 Å². The zero-order chi connectivity index (χ0) is 27.3. The molecule has 5 N–H and O–H groups in total. The second-order valence-corrected chi connectivity index (χ2v) is 10.8. The molecule has 0 heterocycles. The number of ketones is 2. The molecule has 7 nitrogen and oxygen atoms in total. The summed E-state index contributed by atoms with van der Waals surface area (Å²) in [7, 11) is 0. The van der Waals surface area contributed by atoms with Gasteiger partial charge < -0.3 is 25.5 Å². The van der Waals surface area contributed by atoms with E-state index in [1.807, 2.05) is 31.2 Å². The molecule has 4 aliphatic rings. The van der Waals surface area contributed by atoms with Crippen molar-refractivity contribution < 1.29 is 35.1 Å². The zero-order valence-electron chi connectivity index (χ0n) is 21.0. The monoisotopic (exact) mass is 512 g/mol. The molecule has 0 spiro atoms. The number of aliphatic hydroxyl groups excluding tert-OH is 3. The largest absolute Gasteiger partial charge is 0.508 e. The van der Waals surface area contributed by atoms with E-state index in [9.17, 15) is 35.1 Å². The van der Waals surface area contributed by atoms with Crippen LogP contribution in [0.1, 0.15) is 54.0 Å². The molecule has 2 aromatic rings. The molecule has 4 aliphatic carbocycles. The lowest BCUT2D eigenvalue weighted by atomic mass is 9.56. The fraction of sp³-hybridized carbons (Fsp3) is 0.290.